The lowest BCUT2D eigenvalue weighted by atomic mass is 9.44. The van der Waals surface area contributed by atoms with E-state index in [4.69, 9.17) is 14.2 Å². The van der Waals surface area contributed by atoms with Gasteiger partial charge in [-0.1, -0.05) is 13.5 Å². The molecule has 6 atom stereocenters. The third-order valence-electron chi connectivity index (χ3n) is 6.20. The van der Waals surface area contributed by atoms with Gasteiger partial charge in [-0.3, -0.25) is 9.59 Å². The Hall–Kier alpha value is -1.36. The lowest BCUT2D eigenvalue weighted by Gasteiger charge is -2.60. The Balaban J connectivity index is 1.53. The van der Waals surface area contributed by atoms with Crippen LogP contribution in [0.3, 0.4) is 0 Å². The van der Waals surface area contributed by atoms with Crippen LogP contribution in [-0.4, -0.2) is 30.4 Å². The summed E-state index contributed by atoms with van der Waals surface area (Å²) in [6, 6.07) is 0. The molecular weight excluding hydrogens is 284 g/mol. The van der Waals surface area contributed by atoms with Gasteiger partial charge in [0.05, 0.1) is 12.5 Å². The SMILES string of the molecule is C=C1[C@H](OC(C)=O)C[C@H]2C[C@@H]1[C@]21CO[C@@]2(C[C@@H](C)C(=O)O2)C1. The van der Waals surface area contributed by atoms with E-state index in [9.17, 15) is 9.59 Å². The van der Waals surface area contributed by atoms with E-state index >= 15 is 0 Å². The molecule has 5 rings (SSSR count). The van der Waals surface area contributed by atoms with Crippen molar-refractivity contribution in [1.82, 2.24) is 0 Å². The zero-order chi connectivity index (χ0) is 15.7. The van der Waals surface area contributed by atoms with Crippen LogP contribution in [-0.2, 0) is 23.8 Å². The maximum atomic E-state index is 11.8. The Morgan fingerprint density at radius 3 is 2.77 bits per heavy atom. The number of fused-ring (bicyclic) bond motifs is 2. The number of hydrogen-bond donors (Lipinski definition) is 0. The van der Waals surface area contributed by atoms with Crippen molar-refractivity contribution in [2.45, 2.75) is 51.4 Å². The van der Waals surface area contributed by atoms with Crippen LogP contribution >= 0.6 is 0 Å². The molecule has 120 valence electrons. The monoisotopic (exact) mass is 306 g/mol. The molecule has 5 fully saturated rings. The highest BCUT2D eigenvalue weighted by molar-refractivity contribution is 5.74. The van der Waals surface area contributed by atoms with Gasteiger partial charge in [0.1, 0.15) is 6.10 Å². The Morgan fingerprint density at radius 1 is 1.41 bits per heavy atom. The number of carbonyl (C=O) groups excluding carboxylic acids is 2. The summed E-state index contributed by atoms with van der Waals surface area (Å²) in [7, 11) is 0. The van der Waals surface area contributed by atoms with E-state index in [1.807, 2.05) is 6.92 Å². The van der Waals surface area contributed by atoms with Crippen LogP contribution in [0.1, 0.15) is 39.5 Å². The molecule has 0 N–H and O–H groups in total. The average Bonchev–Trinajstić information content (AvgIpc) is 2.94. The summed E-state index contributed by atoms with van der Waals surface area (Å²) in [5.41, 5.74) is 1.04. The lowest BCUT2D eigenvalue weighted by molar-refractivity contribution is -0.192. The second kappa shape index (κ2) is 4.34. The Bertz CT molecular complexity index is 569. The largest absolute Gasteiger partial charge is 0.458 e. The van der Waals surface area contributed by atoms with Gasteiger partial charge in [0, 0.05) is 25.2 Å². The van der Waals surface area contributed by atoms with E-state index in [2.05, 4.69) is 6.58 Å². The molecule has 22 heavy (non-hydrogen) atoms. The average molecular weight is 306 g/mol. The maximum absolute atomic E-state index is 11.8. The molecule has 0 aromatic rings. The van der Waals surface area contributed by atoms with Crippen molar-refractivity contribution >= 4 is 11.9 Å². The highest BCUT2D eigenvalue weighted by atomic mass is 16.7. The minimum absolute atomic E-state index is 0.0259. The molecule has 2 saturated heterocycles. The zero-order valence-electron chi connectivity index (χ0n) is 13.1. The molecule has 5 aliphatic rings. The third kappa shape index (κ3) is 1.75. The first-order valence-electron chi connectivity index (χ1n) is 8.08. The maximum Gasteiger partial charge on any atom is 0.311 e. The summed E-state index contributed by atoms with van der Waals surface area (Å²) >= 11 is 0. The van der Waals surface area contributed by atoms with Crippen LogP contribution in [0.2, 0.25) is 0 Å². The van der Waals surface area contributed by atoms with Crippen LogP contribution in [0.5, 0.6) is 0 Å². The number of ether oxygens (including phenoxy) is 3. The first-order valence-corrected chi connectivity index (χ1v) is 8.08. The zero-order valence-corrected chi connectivity index (χ0v) is 13.1. The highest BCUT2D eigenvalue weighted by Crippen LogP contribution is 2.68. The van der Waals surface area contributed by atoms with Gasteiger partial charge < -0.3 is 14.2 Å². The quantitative estimate of drug-likeness (QED) is 0.549. The summed E-state index contributed by atoms with van der Waals surface area (Å²) in [4.78, 5) is 23.0. The minimum Gasteiger partial charge on any atom is -0.458 e. The van der Waals surface area contributed by atoms with Crippen LogP contribution in [0.25, 0.3) is 0 Å². The Labute approximate surface area is 130 Å². The van der Waals surface area contributed by atoms with Crippen molar-refractivity contribution in [3.05, 3.63) is 12.2 Å². The molecule has 0 radical (unpaired) electrons. The summed E-state index contributed by atoms with van der Waals surface area (Å²) in [6.45, 7) is 8.14. The molecule has 2 spiro atoms. The fourth-order valence-corrected chi connectivity index (χ4v) is 5.12. The molecule has 3 aliphatic carbocycles. The highest BCUT2D eigenvalue weighted by Gasteiger charge is 2.69. The van der Waals surface area contributed by atoms with Gasteiger partial charge in [-0.2, -0.15) is 0 Å². The summed E-state index contributed by atoms with van der Waals surface area (Å²) in [6.07, 6.45) is 3.15. The molecule has 2 aliphatic heterocycles. The Morgan fingerprint density at radius 2 is 2.18 bits per heavy atom. The van der Waals surface area contributed by atoms with Gasteiger partial charge >= 0.3 is 11.9 Å². The van der Waals surface area contributed by atoms with Gasteiger partial charge in [0.2, 0.25) is 5.79 Å². The van der Waals surface area contributed by atoms with Crippen molar-refractivity contribution in [2.24, 2.45) is 23.2 Å². The molecule has 5 nitrogen and oxygen atoms in total. The molecule has 5 heteroatoms. The summed E-state index contributed by atoms with van der Waals surface area (Å²) < 4.78 is 17.0. The van der Waals surface area contributed by atoms with Crippen molar-refractivity contribution in [1.29, 1.82) is 0 Å². The molecule has 2 bridgehead atoms. The normalized spacial score (nSPS) is 49.4. The van der Waals surface area contributed by atoms with Crippen LogP contribution in [0, 0.1) is 23.2 Å². The molecule has 0 aromatic heterocycles. The van der Waals surface area contributed by atoms with Gasteiger partial charge in [-0.15, -0.1) is 0 Å². The summed E-state index contributed by atoms with van der Waals surface area (Å²) in [5, 5.41) is 0. The lowest BCUT2D eigenvalue weighted by Crippen LogP contribution is -2.58. The number of carbonyl (C=O) groups is 2. The van der Waals surface area contributed by atoms with E-state index in [-0.39, 0.29) is 29.4 Å². The first-order chi connectivity index (χ1) is 10.4. The topological polar surface area (TPSA) is 61.8 Å². The molecule has 0 unspecified atom stereocenters. The van der Waals surface area contributed by atoms with E-state index in [1.54, 1.807) is 0 Å². The van der Waals surface area contributed by atoms with Gasteiger partial charge in [-0.05, 0) is 30.3 Å². The van der Waals surface area contributed by atoms with Crippen molar-refractivity contribution in [2.75, 3.05) is 6.61 Å². The van der Waals surface area contributed by atoms with Gasteiger partial charge in [0.25, 0.3) is 0 Å². The van der Waals surface area contributed by atoms with Gasteiger partial charge in [0.15, 0.2) is 0 Å². The molecule has 3 saturated carbocycles. The summed E-state index contributed by atoms with van der Waals surface area (Å²) in [5.74, 6) is -0.447. The van der Waals surface area contributed by atoms with E-state index < -0.39 is 5.79 Å². The van der Waals surface area contributed by atoms with Crippen LogP contribution in [0.15, 0.2) is 12.2 Å². The first kappa shape index (κ1) is 14.2. The van der Waals surface area contributed by atoms with Crippen molar-refractivity contribution < 1.29 is 23.8 Å². The van der Waals surface area contributed by atoms with Gasteiger partial charge in [-0.25, -0.2) is 0 Å². The molecule has 2 heterocycles. The second-order valence-electron chi connectivity index (χ2n) is 7.53. The van der Waals surface area contributed by atoms with E-state index in [0.29, 0.717) is 24.9 Å². The standard InChI is InChI=1S/C17H22O5/c1-9-6-17(22-15(9)19)7-16(8-20-17)12-4-13(16)10(2)14(5-12)21-11(3)18/h9,12-14H,2,4-8H2,1,3H3/t9-,12-,13+,14-,16-,17-/m1/s1. The second-order valence-corrected chi connectivity index (χ2v) is 7.53. The predicted octanol–water partition coefficient (Wildman–Crippen LogP) is 2.20. The molecular formula is C17H22O5. The number of hydrogen-bond acceptors (Lipinski definition) is 5. The number of esters is 2. The molecule has 0 aromatic carbocycles. The molecule has 0 amide bonds. The third-order valence-corrected chi connectivity index (χ3v) is 6.20. The van der Waals surface area contributed by atoms with Crippen molar-refractivity contribution in [3.8, 4) is 0 Å². The fourth-order valence-electron chi connectivity index (χ4n) is 5.12. The van der Waals surface area contributed by atoms with E-state index in [1.165, 1.54) is 6.92 Å². The minimum atomic E-state index is -0.720. The van der Waals surface area contributed by atoms with E-state index in [0.717, 1.165) is 24.8 Å². The van der Waals surface area contributed by atoms with Crippen LogP contribution < -0.4 is 0 Å². The smallest absolute Gasteiger partial charge is 0.311 e. The van der Waals surface area contributed by atoms with Crippen LogP contribution in [0.4, 0.5) is 0 Å². The predicted molar refractivity (Wildman–Crippen MR) is 76.5 cm³/mol. The fraction of sp³-hybridized carbons (Fsp3) is 0.765. The Kier molecular flexibility index (Phi) is 2.81. The number of rotatable bonds is 1. The van der Waals surface area contributed by atoms with Crippen molar-refractivity contribution in [3.63, 3.8) is 0 Å².